The maximum absolute atomic E-state index is 13.0. The first-order chi connectivity index (χ1) is 13.8. The van der Waals surface area contributed by atoms with Gasteiger partial charge in [-0.15, -0.1) is 0 Å². The summed E-state index contributed by atoms with van der Waals surface area (Å²) in [6.45, 7) is 6.17. The van der Waals surface area contributed by atoms with Crippen molar-refractivity contribution in [2.75, 3.05) is 40.3 Å². The number of hydrogen-bond donors (Lipinski definition) is 1. The van der Waals surface area contributed by atoms with Crippen LogP contribution in [0.15, 0.2) is 28.0 Å². The summed E-state index contributed by atoms with van der Waals surface area (Å²) in [5.41, 5.74) is 1.19. The second-order valence-electron chi connectivity index (χ2n) is 7.23. The maximum Gasteiger partial charge on any atom is 0.320 e. The average Bonchev–Trinajstić information content (AvgIpc) is 2.70. The fraction of sp³-hybridized carbons (Fsp3) is 0.450. The molecule has 0 unspecified atom stereocenters. The number of halogens is 2. The number of piperidine rings is 1. The predicted molar refractivity (Wildman–Crippen MR) is 118 cm³/mol. The van der Waals surface area contributed by atoms with Crippen LogP contribution in [0.4, 0.5) is 0 Å². The van der Waals surface area contributed by atoms with Gasteiger partial charge < -0.3 is 15.0 Å². The second-order valence-corrected chi connectivity index (χ2v) is 8.43. The number of rotatable bonds is 6. The van der Waals surface area contributed by atoms with Crippen LogP contribution >= 0.6 is 27.5 Å². The highest BCUT2D eigenvalue weighted by molar-refractivity contribution is 9.10. The Balaban J connectivity index is 2.26. The van der Waals surface area contributed by atoms with E-state index in [0.717, 1.165) is 46.6 Å². The number of carbonyl (C=O) groups is 1. The Hall–Kier alpha value is -1.74. The number of likely N-dealkylation sites (N-methyl/N-ethyl adjacent to an activating group) is 1. The van der Waals surface area contributed by atoms with Crippen molar-refractivity contribution in [3.05, 3.63) is 44.1 Å². The summed E-state index contributed by atoms with van der Waals surface area (Å²) < 4.78 is 7.45. The fourth-order valence-corrected chi connectivity index (χ4v) is 4.31. The Morgan fingerprint density at radius 1 is 1.48 bits per heavy atom. The van der Waals surface area contributed by atoms with E-state index >= 15 is 0 Å². The third-order valence-electron chi connectivity index (χ3n) is 4.97. The van der Waals surface area contributed by atoms with E-state index in [1.54, 1.807) is 6.07 Å². The third kappa shape index (κ3) is 4.55. The van der Waals surface area contributed by atoms with E-state index in [2.05, 4.69) is 32.8 Å². The van der Waals surface area contributed by atoms with Gasteiger partial charge in [-0.1, -0.05) is 18.2 Å². The summed E-state index contributed by atoms with van der Waals surface area (Å²) >= 11 is 10.1. The minimum absolute atomic E-state index is 0.0982. The molecule has 0 aliphatic carbocycles. The Morgan fingerprint density at radius 3 is 2.79 bits per heavy atom. The van der Waals surface area contributed by atoms with Crippen LogP contribution in [0.25, 0.3) is 11.0 Å². The van der Waals surface area contributed by atoms with Gasteiger partial charge in [0.25, 0.3) is 11.8 Å². The Labute approximate surface area is 182 Å². The lowest BCUT2D eigenvalue weighted by Crippen LogP contribution is -2.31. The summed E-state index contributed by atoms with van der Waals surface area (Å²) in [6.07, 6.45) is 2.91. The molecule has 0 saturated carbocycles. The van der Waals surface area contributed by atoms with Crippen molar-refractivity contribution in [3.63, 3.8) is 0 Å². The topological polar surface area (TPSA) is 76.5 Å². The average molecular weight is 484 g/mol. The highest BCUT2D eigenvalue weighted by Crippen LogP contribution is 2.40. The van der Waals surface area contributed by atoms with Gasteiger partial charge in [-0.2, -0.15) is 0 Å². The molecule has 1 fully saturated rings. The van der Waals surface area contributed by atoms with Gasteiger partial charge in [-0.3, -0.25) is 9.59 Å². The maximum atomic E-state index is 13.0. The smallest absolute Gasteiger partial charge is 0.320 e. The van der Waals surface area contributed by atoms with Crippen LogP contribution in [0.5, 0.6) is 5.88 Å². The molecule has 1 aliphatic rings. The standard InChI is InChI=1S/C20H24BrClN4O3/c1-4-15(27)26-14-11-13(22)17(21)16(12-5-7-23-8-6-12)18(14)24-19(20(26)28)29-10-9-25(2)3/h4,11-12,23H,1,5-10H2,2-3H3. The van der Waals surface area contributed by atoms with Crippen molar-refractivity contribution in [2.24, 2.45) is 0 Å². The SMILES string of the molecule is C=CC(=O)n1c(=O)c(OCCN(C)C)nc2c(C3CCNCC3)c(Br)c(Cl)cc21. The van der Waals surface area contributed by atoms with Crippen molar-refractivity contribution in [3.8, 4) is 5.88 Å². The lowest BCUT2D eigenvalue weighted by atomic mass is 9.89. The molecule has 1 saturated heterocycles. The van der Waals surface area contributed by atoms with Crippen LogP contribution in [0.1, 0.15) is 29.1 Å². The number of ether oxygens (including phenoxy) is 1. The van der Waals surface area contributed by atoms with Crippen LogP contribution in [-0.2, 0) is 0 Å². The Morgan fingerprint density at radius 2 is 2.17 bits per heavy atom. The van der Waals surface area contributed by atoms with Crippen molar-refractivity contribution in [1.29, 1.82) is 0 Å². The normalized spacial score (nSPS) is 15.1. The minimum Gasteiger partial charge on any atom is -0.472 e. The molecule has 1 aliphatic heterocycles. The molecule has 156 valence electrons. The van der Waals surface area contributed by atoms with Crippen LogP contribution in [0.3, 0.4) is 0 Å². The lowest BCUT2D eigenvalue weighted by molar-refractivity contribution is 0.0968. The molecule has 0 amide bonds. The summed E-state index contributed by atoms with van der Waals surface area (Å²) in [6, 6.07) is 1.59. The number of benzene rings is 1. The van der Waals surface area contributed by atoms with Gasteiger partial charge in [0.05, 0.1) is 16.1 Å². The Kier molecular flexibility index (Phi) is 7.10. The summed E-state index contributed by atoms with van der Waals surface area (Å²) in [5.74, 6) is -0.452. The van der Waals surface area contributed by atoms with E-state index in [4.69, 9.17) is 16.3 Å². The van der Waals surface area contributed by atoms with Gasteiger partial charge in [0.15, 0.2) is 0 Å². The van der Waals surface area contributed by atoms with Crippen LogP contribution in [-0.4, -0.2) is 60.7 Å². The molecule has 0 bridgehead atoms. The molecule has 7 nitrogen and oxygen atoms in total. The molecule has 0 atom stereocenters. The van der Waals surface area contributed by atoms with Gasteiger partial charge in [-0.25, -0.2) is 9.55 Å². The van der Waals surface area contributed by atoms with Gasteiger partial charge in [0, 0.05) is 11.0 Å². The molecule has 0 radical (unpaired) electrons. The zero-order valence-corrected chi connectivity index (χ0v) is 18.8. The van der Waals surface area contributed by atoms with Crippen LogP contribution in [0.2, 0.25) is 5.02 Å². The molecule has 1 N–H and O–H groups in total. The number of carbonyl (C=O) groups excluding carboxylic acids is 1. The van der Waals surface area contributed by atoms with Crippen molar-refractivity contribution >= 4 is 44.5 Å². The zero-order valence-electron chi connectivity index (χ0n) is 16.5. The number of fused-ring (bicyclic) bond motifs is 1. The van der Waals surface area contributed by atoms with E-state index in [0.29, 0.717) is 22.6 Å². The van der Waals surface area contributed by atoms with Gasteiger partial charge >= 0.3 is 5.56 Å². The van der Waals surface area contributed by atoms with Gasteiger partial charge in [0.2, 0.25) is 0 Å². The monoisotopic (exact) mass is 482 g/mol. The number of allylic oxidation sites excluding steroid dienone is 1. The highest BCUT2D eigenvalue weighted by Gasteiger charge is 2.26. The molecule has 1 aromatic heterocycles. The van der Waals surface area contributed by atoms with Crippen molar-refractivity contribution < 1.29 is 9.53 Å². The van der Waals surface area contributed by atoms with Gasteiger partial charge in [-0.05, 0) is 79.6 Å². The molecule has 0 spiro atoms. The van der Waals surface area contributed by atoms with Crippen molar-refractivity contribution in [1.82, 2.24) is 19.8 Å². The summed E-state index contributed by atoms with van der Waals surface area (Å²) in [7, 11) is 3.82. The zero-order chi connectivity index (χ0) is 21.1. The lowest BCUT2D eigenvalue weighted by Gasteiger charge is -2.26. The van der Waals surface area contributed by atoms with E-state index in [9.17, 15) is 9.59 Å². The molecule has 9 heteroatoms. The minimum atomic E-state index is -0.615. The Bertz CT molecular complexity index is 1000. The molecule has 1 aromatic carbocycles. The largest absolute Gasteiger partial charge is 0.472 e. The summed E-state index contributed by atoms with van der Waals surface area (Å²) in [5, 5.41) is 3.77. The first-order valence-electron chi connectivity index (χ1n) is 9.44. The highest BCUT2D eigenvalue weighted by atomic mass is 79.9. The molecular formula is C20H24BrClN4O3. The molecular weight excluding hydrogens is 460 g/mol. The number of aromatic nitrogens is 2. The van der Waals surface area contributed by atoms with Gasteiger partial charge in [0.1, 0.15) is 6.61 Å². The van der Waals surface area contributed by atoms with E-state index in [-0.39, 0.29) is 18.4 Å². The molecule has 2 heterocycles. The van der Waals surface area contributed by atoms with E-state index in [1.807, 2.05) is 19.0 Å². The van der Waals surface area contributed by atoms with Crippen molar-refractivity contribution in [2.45, 2.75) is 18.8 Å². The first-order valence-corrected chi connectivity index (χ1v) is 10.6. The second kappa shape index (κ2) is 9.38. The summed E-state index contributed by atoms with van der Waals surface area (Å²) in [4.78, 5) is 32.0. The quantitative estimate of drug-likeness (QED) is 0.637. The number of hydrogen-bond acceptors (Lipinski definition) is 6. The number of nitrogens with zero attached hydrogens (tertiary/aromatic N) is 3. The van der Waals surface area contributed by atoms with E-state index < -0.39 is 11.5 Å². The number of nitrogens with one attached hydrogen (secondary N) is 1. The third-order valence-corrected chi connectivity index (χ3v) is 6.35. The molecule has 2 aromatic rings. The molecule has 29 heavy (non-hydrogen) atoms. The van der Waals surface area contributed by atoms with E-state index in [1.165, 1.54) is 0 Å². The molecule has 3 rings (SSSR count). The van der Waals surface area contributed by atoms with Crippen LogP contribution in [0, 0.1) is 0 Å². The van der Waals surface area contributed by atoms with Crippen LogP contribution < -0.4 is 15.6 Å². The fourth-order valence-electron chi connectivity index (χ4n) is 3.48. The predicted octanol–water partition coefficient (Wildman–Crippen LogP) is 3.05. The first kappa shape index (κ1) is 22.0.